The van der Waals surface area contributed by atoms with Crippen LogP contribution in [0, 0.1) is 6.92 Å². The van der Waals surface area contributed by atoms with Crippen LogP contribution in [0.5, 0.6) is 0 Å². The lowest BCUT2D eigenvalue weighted by molar-refractivity contribution is 0.102. The number of hydrogen-bond donors (Lipinski definition) is 1. The van der Waals surface area contributed by atoms with E-state index >= 15 is 0 Å². The van der Waals surface area contributed by atoms with E-state index in [0.29, 0.717) is 5.69 Å². The van der Waals surface area contributed by atoms with E-state index in [-0.39, 0.29) is 5.91 Å². The van der Waals surface area contributed by atoms with Gasteiger partial charge in [0.2, 0.25) is 0 Å². The fraction of sp³-hybridized carbons (Fsp3) is 0.294. The maximum atomic E-state index is 12.4. The van der Waals surface area contributed by atoms with Gasteiger partial charge in [-0.05, 0) is 55.7 Å². The number of benzene rings is 1. The number of nitrogens with zero attached hydrogens (tertiary/aromatic N) is 2. The Labute approximate surface area is 138 Å². The third kappa shape index (κ3) is 3.30. The van der Waals surface area contributed by atoms with Crippen molar-refractivity contribution >= 4 is 33.2 Å². The van der Waals surface area contributed by atoms with Crippen LogP contribution < -0.4 is 10.2 Å². The Morgan fingerprint density at radius 1 is 1.23 bits per heavy atom. The smallest absolute Gasteiger partial charge is 0.274 e. The predicted molar refractivity (Wildman–Crippen MR) is 92.5 cm³/mol. The van der Waals surface area contributed by atoms with Crippen molar-refractivity contribution in [3.05, 3.63) is 52.3 Å². The van der Waals surface area contributed by atoms with Crippen molar-refractivity contribution in [1.82, 2.24) is 4.98 Å². The highest BCUT2D eigenvalue weighted by atomic mass is 79.9. The molecule has 1 saturated heterocycles. The molecule has 1 aliphatic heterocycles. The fourth-order valence-corrected chi connectivity index (χ4v) is 3.14. The zero-order valence-corrected chi connectivity index (χ0v) is 14.1. The van der Waals surface area contributed by atoms with Crippen LogP contribution in [0.15, 0.2) is 41.0 Å². The summed E-state index contributed by atoms with van der Waals surface area (Å²) in [6, 6.07) is 9.61. The molecule has 0 radical (unpaired) electrons. The molecule has 0 atom stereocenters. The predicted octanol–water partition coefficient (Wildman–Crippen LogP) is 4.01. The van der Waals surface area contributed by atoms with Gasteiger partial charge >= 0.3 is 0 Å². The quantitative estimate of drug-likeness (QED) is 0.900. The lowest BCUT2D eigenvalue weighted by Gasteiger charge is -2.17. The number of anilines is 2. The lowest BCUT2D eigenvalue weighted by atomic mass is 10.2. The maximum absolute atomic E-state index is 12.4. The molecule has 1 amide bonds. The van der Waals surface area contributed by atoms with E-state index in [9.17, 15) is 4.79 Å². The highest BCUT2D eigenvalue weighted by Crippen LogP contribution is 2.22. The second-order valence-corrected chi connectivity index (χ2v) is 6.42. The molecule has 1 aromatic carbocycles. The number of pyridine rings is 1. The van der Waals surface area contributed by atoms with Gasteiger partial charge in [-0.15, -0.1) is 0 Å². The molecule has 3 rings (SSSR count). The summed E-state index contributed by atoms with van der Waals surface area (Å²) in [4.78, 5) is 18.9. The van der Waals surface area contributed by atoms with Gasteiger partial charge in [-0.1, -0.05) is 15.9 Å². The summed E-state index contributed by atoms with van der Waals surface area (Å²) in [5.41, 5.74) is 3.34. The largest absolute Gasteiger partial charge is 0.371 e. The summed E-state index contributed by atoms with van der Waals surface area (Å²) in [7, 11) is 0. The zero-order chi connectivity index (χ0) is 15.5. The molecule has 1 N–H and O–H groups in total. The van der Waals surface area contributed by atoms with Gasteiger partial charge < -0.3 is 10.2 Å². The molecule has 5 heteroatoms. The average Bonchev–Trinajstić information content (AvgIpc) is 3.04. The van der Waals surface area contributed by atoms with Gasteiger partial charge in [0.15, 0.2) is 0 Å². The first kappa shape index (κ1) is 15.0. The topological polar surface area (TPSA) is 45.2 Å². The van der Waals surface area contributed by atoms with Gasteiger partial charge in [-0.25, -0.2) is 0 Å². The third-order valence-corrected chi connectivity index (χ3v) is 4.38. The first-order valence-electron chi connectivity index (χ1n) is 7.42. The van der Waals surface area contributed by atoms with Gasteiger partial charge in [0.05, 0.1) is 0 Å². The monoisotopic (exact) mass is 359 g/mol. The molecule has 0 spiro atoms. The highest BCUT2D eigenvalue weighted by molar-refractivity contribution is 9.10. The SMILES string of the molecule is Cc1cc(Br)ccc1NC(=O)c1cc(N2CCCC2)ccn1. The van der Waals surface area contributed by atoms with E-state index in [1.807, 2.05) is 37.3 Å². The van der Waals surface area contributed by atoms with Crippen molar-refractivity contribution in [2.75, 3.05) is 23.3 Å². The molecule has 2 heterocycles. The summed E-state index contributed by atoms with van der Waals surface area (Å²) in [5.74, 6) is -0.175. The Morgan fingerprint density at radius 2 is 2.00 bits per heavy atom. The lowest BCUT2D eigenvalue weighted by Crippen LogP contribution is -2.19. The molecule has 0 aliphatic carbocycles. The maximum Gasteiger partial charge on any atom is 0.274 e. The molecule has 4 nitrogen and oxygen atoms in total. The molecule has 1 aliphatic rings. The summed E-state index contributed by atoms with van der Waals surface area (Å²) in [6.45, 7) is 4.07. The van der Waals surface area contributed by atoms with Gasteiger partial charge in [0.25, 0.3) is 5.91 Å². The molecule has 2 aromatic rings. The van der Waals surface area contributed by atoms with Crippen molar-refractivity contribution in [2.45, 2.75) is 19.8 Å². The Hall–Kier alpha value is -1.88. The van der Waals surface area contributed by atoms with E-state index in [1.54, 1.807) is 6.20 Å². The Bertz CT molecular complexity index is 696. The molecule has 1 aromatic heterocycles. The Morgan fingerprint density at radius 3 is 2.73 bits per heavy atom. The fourth-order valence-electron chi connectivity index (χ4n) is 2.67. The highest BCUT2D eigenvalue weighted by Gasteiger charge is 2.15. The summed E-state index contributed by atoms with van der Waals surface area (Å²) < 4.78 is 0.997. The van der Waals surface area contributed by atoms with Gasteiger partial charge in [-0.2, -0.15) is 0 Å². The molecule has 114 valence electrons. The molecule has 0 unspecified atom stereocenters. The second-order valence-electron chi connectivity index (χ2n) is 5.51. The van der Waals surface area contributed by atoms with Crippen LogP contribution in [0.3, 0.4) is 0 Å². The first-order chi connectivity index (χ1) is 10.6. The number of carbonyl (C=O) groups excluding carboxylic acids is 1. The van der Waals surface area contributed by atoms with Crippen molar-refractivity contribution < 1.29 is 4.79 Å². The molecule has 0 bridgehead atoms. The summed E-state index contributed by atoms with van der Waals surface area (Å²) in [5, 5.41) is 2.93. The molecule has 22 heavy (non-hydrogen) atoms. The van der Waals surface area contributed by atoms with Gasteiger partial charge in [0.1, 0.15) is 5.69 Å². The van der Waals surface area contributed by atoms with E-state index in [1.165, 1.54) is 12.8 Å². The van der Waals surface area contributed by atoms with Crippen LogP contribution in [-0.4, -0.2) is 24.0 Å². The minimum atomic E-state index is -0.175. The molecule has 1 fully saturated rings. The van der Waals surface area contributed by atoms with E-state index in [2.05, 4.69) is 31.1 Å². The minimum Gasteiger partial charge on any atom is -0.371 e. The Balaban J connectivity index is 1.78. The van der Waals surface area contributed by atoms with Crippen LogP contribution in [0.25, 0.3) is 0 Å². The zero-order valence-electron chi connectivity index (χ0n) is 12.5. The first-order valence-corrected chi connectivity index (χ1v) is 8.21. The third-order valence-electron chi connectivity index (χ3n) is 3.88. The van der Waals surface area contributed by atoms with E-state index in [4.69, 9.17) is 0 Å². The number of amides is 1. The Kier molecular flexibility index (Phi) is 4.43. The summed E-state index contributed by atoms with van der Waals surface area (Å²) >= 11 is 3.42. The second kappa shape index (κ2) is 6.48. The molecule has 0 saturated carbocycles. The van der Waals surface area contributed by atoms with Crippen molar-refractivity contribution in [2.24, 2.45) is 0 Å². The average molecular weight is 360 g/mol. The number of carbonyl (C=O) groups is 1. The number of rotatable bonds is 3. The van der Waals surface area contributed by atoms with Crippen LogP contribution in [-0.2, 0) is 0 Å². The normalized spacial score (nSPS) is 14.2. The van der Waals surface area contributed by atoms with Crippen LogP contribution >= 0.6 is 15.9 Å². The van der Waals surface area contributed by atoms with Crippen LogP contribution in [0.2, 0.25) is 0 Å². The molecular weight excluding hydrogens is 342 g/mol. The van der Waals surface area contributed by atoms with E-state index < -0.39 is 0 Å². The number of halogens is 1. The number of nitrogens with one attached hydrogen (secondary N) is 1. The van der Waals surface area contributed by atoms with Crippen LogP contribution in [0.4, 0.5) is 11.4 Å². The minimum absolute atomic E-state index is 0.175. The van der Waals surface area contributed by atoms with Crippen LogP contribution in [0.1, 0.15) is 28.9 Å². The number of aryl methyl sites for hydroxylation is 1. The van der Waals surface area contributed by atoms with E-state index in [0.717, 1.165) is 34.5 Å². The van der Waals surface area contributed by atoms with Crippen molar-refractivity contribution in [3.8, 4) is 0 Å². The number of hydrogen-bond acceptors (Lipinski definition) is 3. The standard InChI is InChI=1S/C17H18BrN3O/c1-12-10-13(18)4-5-15(12)20-17(22)16-11-14(6-7-19-16)21-8-2-3-9-21/h4-7,10-11H,2-3,8-9H2,1H3,(H,20,22). The molecular formula is C17H18BrN3O. The summed E-state index contributed by atoms with van der Waals surface area (Å²) in [6.07, 6.45) is 4.13. The van der Waals surface area contributed by atoms with Crippen molar-refractivity contribution in [3.63, 3.8) is 0 Å². The number of aromatic nitrogens is 1. The van der Waals surface area contributed by atoms with Crippen molar-refractivity contribution in [1.29, 1.82) is 0 Å². The van der Waals surface area contributed by atoms with Gasteiger partial charge in [-0.3, -0.25) is 9.78 Å². The van der Waals surface area contributed by atoms with Gasteiger partial charge in [0, 0.05) is 35.1 Å².